The predicted octanol–water partition coefficient (Wildman–Crippen LogP) is 3.51. The largest absolute Gasteiger partial charge is 0.350 e. The molecule has 96 valence electrons. The van der Waals surface area contributed by atoms with E-state index in [1.165, 1.54) is 0 Å². The van der Waals surface area contributed by atoms with Gasteiger partial charge in [-0.15, -0.1) is 11.3 Å². The lowest BCUT2D eigenvalue weighted by Gasteiger charge is -2.22. The Labute approximate surface area is 110 Å². The molecule has 2 rings (SSSR count). The van der Waals surface area contributed by atoms with Crippen LogP contribution in [0.2, 0.25) is 0 Å². The summed E-state index contributed by atoms with van der Waals surface area (Å²) in [6.07, 6.45) is 1.55. The smallest absolute Gasteiger partial charge is 0.339 e. The van der Waals surface area contributed by atoms with Crippen molar-refractivity contribution in [3.05, 3.63) is 35.2 Å². The molecule has 1 aromatic carbocycles. The molecule has 0 spiro atoms. The third-order valence-corrected chi connectivity index (χ3v) is 4.07. The van der Waals surface area contributed by atoms with Gasteiger partial charge < -0.3 is 5.73 Å². The molecule has 0 aliphatic rings. The molecule has 5 heteroatoms. The zero-order valence-electron chi connectivity index (χ0n) is 10.2. The third-order valence-electron chi connectivity index (χ3n) is 2.86. The zero-order chi connectivity index (χ0) is 13.1. The molecule has 0 aliphatic heterocycles. The highest BCUT2D eigenvalue weighted by Gasteiger charge is 2.23. The average Bonchev–Trinajstić information content (AvgIpc) is 2.78. The lowest BCUT2D eigenvalue weighted by Crippen LogP contribution is -2.35. The van der Waals surface area contributed by atoms with Crippen LogP contribution in [0.4, 0.5) is 4.79 Å². The first-order valence-corrected chi connectivity index (χ1v) is 6.71. The van der Waals surface area contributed by atoms with E-state index in [-0.39, 0.29) is 6.04 Å². The second-order valence-electron chi connectivity index (χ2n) is 4.17. The van der Waals surface area contributed by atoms with Gasteiger partial charge in [0.05, 0.1) is 6.04 Å². The minimum absolute atomic E-state index is 0.357. The van der Waals surface area contributed by atoms with Gasteiger partial charge in [0, 0.05) is 9.58 Å². The van der Waals surface area contributed by atoms with Crippen molar-refractivity contribution >= 4 is 27.5 Å². The number of hydroxylamine groups is 2. The minimum Gasteiger partial charge on any atom is -0.350 e. The molecular weight excluding hydrogens is 248 g/mol. The molecule has 2 amide bonds. The number of fused-ring (bicyclic) bond motifs is 1. The van der Waals surface area contributed by atoms with Gasteiger partial charge >= 0.3 is 6.03 Å². The number of nitrogens with two attached hydrogens (primary N) is 1. The highest BCUT2D eigenvalue weighted by Crippen LogP contribution is 2.34. The molecular formula is C13H16N2O2S. The Morgan fingerprint density at radius 2 is 2.22 bits per heavy atom. The number of carbonyl (C=O) groups is 1. The zero-order valence-corrected chi connectivity index (χ0v) is 11.0. The summed E-state index contributed by atoms with van der Waals surface area (Å²) in [5, 5.41) is 11.5. The van der Waals surface area contributed by atoms with Crippen LogP contribution < -0.4 is 5.73 Å². The fraction of sp³-hybridized carbons (Fsp3) is 0.308. The number of primary amides is 1. The van der Waals surface area contributed by atoms with Crippen LogP contribution in [0.5, 0.6) is 0 Å². The first-order chi connectivity index (χ1) is 8.63. The summed E-state index contributed by atoms with van der Waals surface area (Å²) in [7, 11) is 0. The van der Waals surface area contributed by atoms with Crippen molar-refractivity contribution in [3.8, 4) is 0 Å². The lowest BCUT2D eigenvalue weighted by molar-refractivity contribution is -0.0778. The van der Waals surface area contributed by atoms with Gasteiger partial charge in [-0.25, -0.2) is 4.79 Å². The van der Waals surface area contributed by atoms with Crippen LogP contribution in [0.1, 0.15) is 30.7 Å². The van der Waals surface area contributed by atoms with Crippen molar-refractivity contribution in [2.75, 3.05) is 0 Å². The van der Waals surface area contributed by atoms with Crippen molar-refractivity contribution < 1.29 is 10.0 Å². The van der Waals surface area contributed by atoms with Crippen molar-refractivity contribution in [3.63, 3.8) is 0 Å². The molecule has 4 nitrogen and oxygen atoms in total. The Bertz CT molecular complexity index is 520. The van der Waals surface area contributed by atoms with E-state index >= 15 is 0 Å². The Morgan fingerprint density at radius 1 is 1.50 bits per heavy atom. The number of amides is 2. The van der Waals surface area contributed by atoms with E-state index in [9.17, 15) is 10.0 Å². The number of urea groups is 1. The summed E-state index contributed by atoms with van der Waals surface area (Å²) in [4.78, 5) is 12.1. The summed E-state index contributed by atoms with van der Waals surface area (Å²) in [5.41, 5.74) is 5.14. The molecule has 0 fully saturated rings. The van der Waals surface area contributed by atoms with Gasteiger partial charge in [-0.05, 0) is 23.9 Å². The Hall–Kier alpha value is -1.59. The molecule has 3 N–H and O–H groups in total. The molecule has 1 unspecified atom stereocenters. The molecule has 1 aromatic heterocycles. The second-order valence-corrected chi connectivity index (χ2v) is 5.29. The van der Waals surface area contributed by atoms with Crippen LogP contribution in [-0.2, 0) is 0 Å². The molecule has 1 heterocycles. The van der Waals surface area contributed by atoms with Crippen molar-refractivity contribution in [1.82, 2.24) is 5.06 Å². The molecule has 0 radical (unpaired) electrons. The van der Waals surface area contributed by atoms with Crippen molar-refractivity contribution in [2.45, 2.75) is 25.8 Å². The fourth-order valence-electron chi connectivity index (χ4n) is 1.98. The molecule has 1 atom stereocenters. The number of rotatable bonds is 4. The Morgan fingerprint density at radius 3 is 2.83 bits per heavy atom. The number of hydrogen-bond acceptors (Lipinski definition) is 3. The normalized spacial score (nSPS) is 12.6. The number of hydrogen-bond donors (Lipinski definition) is 2. The van der Waals surface area contributed by atoms with Crippen LogP contribution in [0, 0.1) is 0 Å². The molecule has 2 aromatic rings. The topological polar surface area (TPSA) is 66.6 Å². The Kier molecular flexibility index (Phi) is 3.84. The van der Waals surface area contributed by atoms with E-state index in [0.29, 0.717) is 11.5 Å². The fourth-order valence-corrected chi connectivity index (χ4v) is 3.16. The maximum absolute atomic E-state index is 11.1. The number of carbonyl (C=O) groups excluding carboxylic acids is 1. The maximum Gasteiger partial charge on any atom is 0.339 e. The first-order valence-electron chi connectivity index (χ1n) is 5.89. The highest BCUT2D eigenvalue weighted by molar-refractivity contribution is 7.19. The van der Waals surface area contributed by atoms with Crippen LogP contribution in [0.3, 0.4) is 0 Å². The highest BCUT2D eigenvalue weighted by atomic mass is 32.1. The molecule has 0 bridgehead atoms. The standard InChI is InChI=1S/C13H16N2O2S/c1-2-5-10(15(17)13(14)16)12-8-9-6-3-4-7-11(9)18-12/h3-4,6-8,10,17H,2,5H2,1H3,(H2,14,16). The van der Waals surface area contributed by atoms with E-state index in [1.807, 2.05) is 37.3 Å². The van der Waals surface area contributed by atoms with Crippen LogP contribution in [0.15, 0.2) is 30.3 Å². The van der Waals surface area contributed by atoms with Gasteiger partial charge in [-0.1, -0.05) is 31.5 Å². The number of benzene rings is 1. The number of thiophene rings is 1. The third kappa shape index (κ3) is 2.47. The Balaban J connectivity index is 2.38. The summed E-state index contributed by atoms with van der Waals surface area (Å²) in [6, 6.07) is 8.83. The van der Waals surface area contributed by atoms with Gasteiger partial charge in [0.2, 0.25) is 0 Å². The van der Waals surface area contributed by atoms with Crippen LogP contribution in [-0.4, -0.2) is 16.3 Å². The van der Waals surface area contributed by atoms with Gasteiger partial charge in [-0.2, -0.15) is 5.06 Å². The SMILES string of the molecule is CCCC(c1cc2ccccc2s1)N(O)C(N)=O. The van der Waals surface area contributed by atoms with E-state index < -0.39 is 6.03 Å². The van der Waals surface area contributed by atoms with Gasteiger partial charge in [-0.3, -0.25) is 5.21 Å². The van der Waals surface area contributed by atoms with Gasteiger partial charge in [0.15, 0.2) is 0 Å². The predicted molar refractivity (Wildman–Crippen MR) is 72.7 cm³/mol. The lowest BCUT2D eigenvalue weighted by atomic mass is 10.1. The van der Waals surface area contributed by atoms with Crippen molar-refractivity contribution in [1.29, 1.82) is 0 Å². The van der Waals surface area contributed by atoms with E-state index in [2.05, 4.69) is 0 Å². The summed E-state index contributed by atoms with van der Waals surface area (Å²) in [6.45, 7) is 2.01. The second kappa shape index (κ2) is 5.37. The molecule has 0 saturated heterocycles. The van der Waals surface area contributed by atoms with E-state index in [4.69, 9.17) is 5.73 Å². The first kappa shape index (κ1) is 12.9. The monoisotopic (exact) mass is 264 g/mol. The molecule has 0 saturated carbocycles. The summed E-state index contributed by atoms with van der Waals surface area (Å²) < 4.78 is 1.14. The van der Waals surface area contributed by atoms with Gasteiger partial charge in [0.1, 0.15) is 0 Å². The minimum atomic E-state index is -0.814. The maximum atomic E-state index is 11.1. The van der Waals surface area contributed by atoms with Crippen LogP contribution in [0.25, 0.3) is 10.1 Å². The molecule has 0 aliphatic carbocycles. The summed E-state index contributed by atoms with van der Waals surface area (Å²) in [5.74, 6) is 0. The molecule has 18 heavy (non-hydrogen) atoms. The average molecular weight is 264 g/mol. The van der Waals surface area contributed by atoms with Crippen LogP contribution >= 0.6 is 11.3 Å². The quantitative estimate of drug-likeness (QED) is 0.655. The van der Waals surface area contributed by atoms with Crippen molar-refractivity contribution in [2.24, 2.45) is 5.73 Å². The summed E-state index contributed by atoms with van der Waals surface area (Å²) >= 11 is 1.58. The van der Waals surface area contributed by atoms with E-state index in [0.717, 1.165) is 21.4 Å². The van der Waals surface area contributed by atoms with Gasteiger partial charge in [0.25, 0.3) is 0 Å². The number of nitrogens with zero attached hydrogens (tertiary/aromatic N) is 1. The van der Waals surface area contributed by atoms with E-state index in [1.54, 1.807) is 11.3 Å².